The zero-order chi connectivity index (χ0) is 31.7. The number of nitrogens with one attached hydrogen (secondary N) is 2. The van der Waals surface area contributed by atoms with E-state index in [2.05, 4.69) is 75.9 Å². The molecule has 3 rings (SSSR count). The molecule has 0 heterocycles. The average molecular weight is 884 g/mol. The van der Waals surface area contributed by atoms with E-state index in [1.807, 2.05) is 58.9 Å². The van der Waals surface area contributed by atoms with Crippen molar-refractivity contribution in [2.75, 3.05) is 38.7 Å². The van der Waals surface area contributed by atoms with Gasteiger partial charge >= 0.3 is 54.0 Å². The third-order valence-electron chi connectivity index (χ3n) is 6.22. The van der Waals surface area contributed by atoms with Crippen LogP contribution >= 0.6 is 19.4 Å². The quantitative estimate of drug-likeness (QED) is 0.110. The Morgan fingerprint density at radius 1 is 0.733 bits per heavy atom. The summed E-state index contributed by atoms with van der Waals surface area (Å²) in [6.07, 6.45) is 10.6. The summed E-state index contributed by atoms with van der Waals surface area (Å²) in [4.78, 5) is 0. The van der Waals surface area contributed by atoms with Crippen molar-refractivity contribution >= 4 is 39.4 Å². The van der Waals surface area contributed by atoms with Gasteiger partial charge in [0, 0.05) is 12.5 Å². The summed E-state index contributed by atoms with van der Waals surface area (Å²) in [5.74, 6) is 0. The number of aryl methyl sites for hydroxylation is 2. The fourth-order valence-corrected chi connectivity index (χ4v) is 5.59. The molecule has 262 valence electrons. The van der Waals surface area contributed by atoms with Crippen molar-refractivity contribution in [1.29, 1.82) is 0 Å². The second-order valence-electron chi connectivity index (χ2n) is 9.76. The Labute approximate surface area is 304 Å². The second-order valence-corrected chi connectivity index (χ2v) is 13.2. The Kier molecular flexibility index (Phi) is 37.5. The first-order chi connectivity index (χ1) is 20.1. The predicted octanol–water partition coefficient (Wildman–Crippen LogP) is 7.31. The van der Waals surface area contributed by atoms with Gasteiger partial charge in [0.15, 0.2) is 0 Å². The average Bonchev–Trinajstić information content (AvgIpc) is 2.98. The molecule has 2 atom stereocenters. The van der Waals surface area contributed by atoms with Crippen LogP contribution in [0.25, 0.3) is 9.44 Å². The number of halogens is 2. The van der Waals surface area contributed by atoms with Gasteiger partial charge in [-0.3, -0.25) is 0 Å². The number of nitrogens with zero attached hydrogens (tertiary/aromatic N) is 2. The van der Waals surface area contributed by atoms with Gasteiger partial charge in [0.25, 0.3) is 0 Å². The summed E-state index contributed by atoms with van der Waals surface area (Å²) in [5, 5.41) is 6.68. The van der Waals surface area contributed by atoms with Crippen LogP contribution in [0.1, 0.15) is 57.1 Å². The SMILES string of the molecule is C.CS(=O)(=O)[N-]C1CCCCC1NCCCc1ccccc1.CS(=O)(=O)[N-]CCNCCCc1ccccc1.[CH3-].[CH3-].[Cl][Ru+3].[Cl][Ru+3]. The minimum absolute atomic E-state index is 0. The maximum atomic E-state index is 11.4. The van der Waals surface area contributed by atoms with Gasteiger partial charge in [0.05, 0.1) is 20.0 Å². The van der Waals surface area contributed by atoms with Crippen molar-refractivity contribution in [3.63, 3.8) is 0 Å². The Bertz CT molecular complexity index is 1120. The summed E-state index contributed by atoms with van der Waals surface area (Å²) in [7, 11) is 2.72. The molecule has 0 aliphatic heterocycles. The van der Waals surface area contributed by atoms with E-state index in [0.717, 1.165) is 70.7 Å². The summed E-state index contributed by atoms with van der Waals surface area (Å²) in [6.45, 7) is 2.73. The third kappa shape index (κ3) is 31.1. The van der Waals surface area contributed by atoms with E-state index in [1.54, 1.807) is 0 Å². The Morgan fingerprint density at radius 3 is 1.67 bits per heavy atom. The number of hydrogen-bond donors (Lipinski definition) is 2. The standard InChI is InChI=1S/C16H25N2O2S.C12H19N2O2S.CH4.2CH3.2ClH.2Ru/c1-21(19,20)18-16-12-6-5-11-15(16)17-13-7-10-14-8-3-2-4-9-14;1-17(15,16)14-11-10-13-9-5-8-12-6-3-2-4-7-12;;;;;;;/h2-4,8-9,15-17H,5-7,10-13H2,1H3;2-4,6-7,13H,5,8-11H2,1H3;1H4;2*1H3;2*1H;;/q2*-1;;2*-1;;;2*+4/p-2. The molecule has 1 fully saturated rings. The fraction of sp³-hybridized carbons (Fsp3) is 0.548. The number of benzene rings is 2. The molecule has 1 aliphatic rings. The molecule has 45 heavy (non-hydrogen) atoms. The van der Waals surface area contributed by atoms with Gasteiger partial charge in [-0.15, -0.1) is 12.6 Å². The molecule has 2 N–H and O–H groups in total. The van der Waals surface area contributed by atoms with Crippen LogP contribution in [-0.2, 0) is 67.5 Å². The molecule has 0 spiro atoms. The van der Waals surface area contributed by atoms with Crippen molar-refractivity contribution < 1.29 is 51.5 Å². The molecule has 0 saturated heterocycles. The summed E-state index contributed by atoms with van der Waals surface area (Å²) < 4.78 is 51.7. The summed E-state index contributed by atoms with van der Waals surface area (Å²) in [5.41, 5.74) is 2.68. The number of rotatable bonds is 15. The van der Waals surface area contributed by atoms with Gasteiger partial charge in [0.1, 0.15) is 0 Å². The molecule has 2 unspecified atom stereocenters. The van der Waals surface area contributed by atoms with Crippen LogP contribution in [0.3, 0.4) is 0 Å². The van der Waals surface area contributed by atoms with Crippen molar-refractivity contribution in [3.8, 4) is 0 Å². The van der Waals surface area contributed by atoms with Crippen molar-refractivity contribution in [1.82, 2.24) is 10.6 Å². The van der Waals surface area contributed by atoms with Crippen LogP contribution in [-0.4, -0.2) is 67.6 Å². The topological polar surface area (TPSA) is 121 Å². The molecule has 0 amide bonds. The monoisotopic (exact) mass is 884 g/mol. The van der Waals surface area contributed by atoms with Crippen LogP contribution in [0.2, 0.25) is 0 Å². The second kappa shape index (κ2) is 32.5. The molecule has 0 bridgehead atoms. The van der Waals surface area contributed by atoms with E-state index in [0.29, 0.717) is 13.1 Å². The van der Waals surface area contributed by atoms with E-state index < -0.39 is 20.0 Å². The maximum absolute atomic E-state index is 11.4. The van der Waals surface area contributed by atoms with Gasteiger partial charge in [-0.2, -0.15) is 0 Å². The zero-order valence-corrected chi connectivity index (χ0v) is 32.8. The van der Waals surface area contributed by atoms with Gasteiger partial charge < -0.3 is 34.9 Å². The molecular weight excluding hydrogens is 830 g/mol. The molecule has 8 nitrogen and oxygen atoms in total. The van der Waals surface area contributed by atoms with Gasteiger partial charge in [-0.25, -0.2) is 16.8 Å². The third-order valence-corrected chi connectivity index (χ3v) is 7.53. The van der Waals surface area contributed by atoms with Crippen LogP contribution < -0.4 is 10.6 Å². The molecule has 2 aromatic carbocycles. The normalized spacial score (nSPS) is 15.4. The van der Waals surface area contributed by atoms with Crippen molar-refractivity contribution in [2.24, 2.45) is 0 Å². The van der Waals surface area contributed by atoms with Crippen molar-refractivity contribution in [3.05, 3.63) is 96.1 Å². The van der Waals surface area contributed by atoms with Crippen LogP contribution in [0, 0.1) is 14.9 Å². The van der Waals surface area contributed by atoms with E-state index in [-0.39, 0.29) is 34.4 Å². The molecule has 14 heteroatoms. The minimum atomic E-state index is -3.25. The molecule has 0 radical (unpaired) electrons. The summed E-state index contributed by atoms with van der Waals surface area (Å²) in [6, 6.07) is 20.9. The van der Waals surface area contributed by atoms with Gasteiger partial charge in [-0.1, -0.05) is 87.4 Å². The van der Waals surface area contributed by atoms with Crippen LogP contribution in [0.15, 0.2) is 60.7 Å². The van der Waals surface area contributed by atoms with Crippen LogP contribution in [0.4, 0.5) is 0 Å². The Morgan fingerprint density at radius 2 is 1.20 bits per heavy atom. The summed E-state index contributed by atoms with van der Waals surface area (Å²) >= 11 is 3.64. The molecular formula is C31H54Cl2N4O4Ru2S2+2. The molecule has 1 aliphatic carbocycles. The Hall–Kier alpha value is 0.00675. The predicted molar refractivity (Wildman–Crippen MR) is 189 cm³/mol. The van der Waals surface area contributed by atoms with Gasteiger partial charge in [0.2, 0.25) is 0 Å². The van der Waals surface area contributed by atoms with E-state index in [9.17, 15) is 16.8 Å². The first-order valence-electron chi connectivity index (χ1n) is 13.7. The van der Waals surface area contributed by atoms with Gasteiger partial charge in [-0.05, 0) is 68.9 Å². The van der Waals surface area contributed by atoms with E-state index in [4.69, 9.17) is 0 Å². The number of sulfonamides is 2. The molecule has 0 aromatic heterocycles. The fourth-order valence-electron chi connectivity index (χ4n) is 4.42. The van der Waals surface area contributed by atoms with E-state index in [1.165, 1.54) is 17.4 Å². The van der Waals surface area contributed by atoms with Crippen molar-refractivity contribution in [2.45, 2.75) is 70.9 Å². The number of hydrogen-bond acceptors (Lipinski definition) is 6. The first-order valence-corrected chi connectivity index (χ1v) is 21.9. The zero-order valence-electron chi connectivity index (χ0n) is 26.2. The molecule has 2 aromatic rings. The Balaban J connectivity index is -0.000000322. The van der Waals surface area contributed by atoms with E-state index >= 15 is 0 Å². The first kappa shape index (κ1) is 51.8. The molecule has 1 saturated carbocycles. The van der Waals surface area contributed by atoms with Crippen LogP contribution in [0.5, 0.6) is 0 Å².